The summed E-state index contributed by atoms with van der Waals surface area (Å²) in [5.74, 6) is 0.963. The van der Waals surface area contributed by atoms with Crippen molar-refractivity contribution in [3.8, 4) is 0 Å². The zero-order chi connectivity index (χ0) is 16.2. The monoisotopic (exact) mass is 309 g/mol. The van der Waals surface area contributed by atoms with Crippen molar-refractivity contribution < 1.29 is 4.79 Å². The van der Waals surface area contributed by atoms with Gasteiger partial charge < -0.3 is 15.1 Å². The van der Waals surface area contributed by atoms with Crippen LogP contribution < -0.4 is 5.32 Å². The first-order chi connectivity index (χ1) is 10.4. The standard InChI is InChI=1S/C18H35N3O/c1-5-20-10-7-6-8-15(13-20)14-21-11-9-18(2,3)12-16(19-4)17(21)22/h15-16,19H,5-14H2,1-4H3. The third-order valence-corrected chi connectivity index (χ3v) is 5.55. The molecule has 2 aliphatic heterocycles. The molecule has 4 heteroatoms. The molecule has 2 unspecified atom stereocenters. The van der Waals surface area contributed by atoms with Crippen LogP contribution in [-0.4, -0.2) is 61.5 Å². The minimum absolute atomic E-state index is 0.00874. The second-order valence-electron chi connectivity index (χ2n) is 8.00. The first-order valence-electron chi connectivity index (χ1n) is 9.13. The van der Waals surface area contributed by atoms with E-state index in [0.29, 0.717) is 11.8 Å². The maximum atomic E-state index is 12.8. The molecule has 0 saturated carbocycles. The summed E-state index contributed by atoms with van der Waals surface area (Å²) in [7, 11) is 1.92. The van der Waals surface area contributed by atoms with Crippen LogP contribution in [0.4, 0.5) is 0 Å². The second-order valence-corrected chi connectivity index (χ2v) is 8.00. The predicted molar refractivity (Wildman–Crippen MR) is 91.9 cm³/mol. The van der Waals surface area contributed by atoms with E-state index in [1.807, 2.05) is 7.05 Å². The van der Waals surface area contributed by atoms with Crippen molar-refractivity contribution in [3.05, 3.63) is 0 Å². The van der Waals surface area contributed by atoms with Gasteiger partial charge in [0.1, 0.15) is 0 Å². The first kappa shape index (κ1) is 17.7. The van der Waals surface area contributed by atoms with Gasteiger partial charge in [0.05, 0.1) is 6.04 Å². The Morgan fingerprint density at radius 2 is 2.05 bits per heavy atom. The summed E-state index contributed by atoms with van der Waals surface area (Å²) in [4.78, 5) is 17.5. The molecule has 2 fully saturated rings. The predicted octanol–water partition coefficient (Wildman–Crippen LogP) is 2.34. The summed E-state index contributed by atoms with van der Waals surface area (Å²) in [6.45, 7) is 12.2. The molecular weight excluding hydrogens is 274 g/mol. The van der Waals surface area contributed by atoms with Crippen LogP contribution in [0.25, 0.3) is 0 Å². The molecule has 1 amide bonds. The van der Waals surface area contributed by atoms with Gasteiger partial charge in [-0.25, -0.2) is 0 Å². The van der Waals surface area contributed by atoms with Crippen molar-refractivity contribution in [2.75, 3.05) is 39.8 Å². The van der Waals surface area contributed by atoms with Gasteiger partial charge in [-0.1, -0.05) is 27.2 Å². The van der Waals surface area contributed by atoms with Crippen LogP contribution in [0, 0.1) is 11.3 Å². The SMILES string of the molecule is CCN1CCCCC(CN2CCC(C)(C)CC(NC)C2=O)C1. The van der Waals surface area contributed by atoms with Gasteiger partial charge in [0.2, 0.25) is 5.91 Å². The summed E-state index contributed by atoms with van der Waals surface area (Å²) in [6, 6.07) is -0.00874. The molecule has 2 heterocycles. The summed E-state index contributed by atoms with van der Waals surface area (Å²) in [5.41, 5.74) is 0.247. The molecular formula is C18H35N3O. The first-order valence-corrected chi connectivity index (χ1v) is 9.13. The zero-order valence-electron chi connectivity index (χ0n) is 15.0. The van der Waals surface area contributed by atoms with Gasteiger partial charge in [-0.15, -0.1) is 0 Å². The van der Waals surface area contributed by atoms with E-state index < -0.39 is 0 Å². The maximum absolute atomic E-state index is 12.8. The molecule has 22 heavy (non-hydrogen) atoms. The fraction of sp³-hybridized carbons (Fsp3) is 0.944. The van der Waals surface area contributed by atoms with E-state index in [9.17, 15) is 4.79 Å². The highest BCUT2D eigenvalue weighted by molar-refractivity contribution is 5.82. The van der Waals surface area contributed by atoms with Gasteiger partial charge in [-0.3, -0.25) is 4.79 Å². The Balaban J connectivity index is 2.01. The van der Waals surface area contributed by atoms with Crippen LogP contribution in [0.2, 0.25) is 0 Å². The van der Waals surface area contributed by atoms with Crippen LogP contribution >= 0.6 is 0 Å². The molecule has 0 aliphatic carbocycles. The van der Waals surface area contributed by atoms with Crippen LogP contribution in [0.3, 0.4) is 0 Å². The lowest BCUT2D eigenvalue weighted by Gasteiger charge is -2.30. The number of hydrogen-bond acceptors (Lipinski definition) is 3. The molecule has 0 radical (unpaired) electrons. The van der Waals surface area contributed by atoms with Crippen LogP contribution in [-0.2, 0) is 4.79 Å². The average Bonchev–Trinajstić information content (AvgIpc) is 2.78. The molecule has 0 aromatic heterocycles. The molecule has 0 bridgehead atoms. The average molecular weight is 309 g/mol. The van der Waals surface area contributed by atoms with E-state index in [1.165, 1.54) is 25.8 Å². The van der Waals surface area contributed by atoms with Crippen molar-refractivity contribution in [2.24, 2.45) is 11.3 Å². The Morgan fingerprint density at radius 1 is 1.27 bits per heavy atom. The van der Waals surface area contributed by atoms with E-state index in [2.05, 4.69) is 35.9 Å². The molecule has 2 saturated heterocycles. The van der Waals surface area contributed by atoms with Crippen LogP contribution in [0.1, 0.15) is 52.9 Å². The van der Waals surface area contributed by atoms with Crippen molar-refractivity contribution >= 4 is 5.91 Å². The molecule has 2 atom stereocenters. The molecule has 128 valence electrons. The van der Waals surface area contributed by atoms with Crippen LogP contribution in [0.15, 0.2) is 0 Å². The Bertz CT molecular complexity index is 369. The summed E-state index contributed by atoms with van der Waals surface area (Å²) >= 11 is 0. The molecule has 0 aromatic rings. The summed E-state index contributed by atoms with van der Waals surface area (Å²) in [6.07, 6.45) is 5.95. The lowest BCUT2D eigenvalue weighted by atomic mass is 9.83. The minimum atomic E-state index is -0.00874. The van der Waals surface area contributed by atoms with Gasteiger partial charge >= 0.3 is 0 Å². The van der Waals surface area contributed by atoms with Crippen molar-refractivity contribution in [1.29, 1.82) is 0 Å². The fourth-order valence-electron chi connectivity index (χ4n) is 3.98. The van der Waals surface area contributed by atoms with E-state index >= 15 is 0 Å². The number of nitrogens with one attached hydrogen (secondary N) is 1. The zero-order valence-corrected chi connectivity index (χ0v) is 15.0. The van der Waals surface area contributed by atoms with E-state index in [1.54, 1.807) is 0 Å². The number of likely N-dealkylation sites (N-methyl/N-ethyl adjacent to an activating group) is 1. The summed E-state index contributed by atoms with van der Waals surface area (Å²) < 4.78 is 0. The van der Waals surface area contributed by atoms with Crippen molar-refractivity contribution in [1.82, 2.24) is 15.1 Å². The van der Waals surface area contributed by atoms with Gasteiger partial charge in [-0.2, -0.15) is 0 Å². The minimum Gasteiger partial charge on any atom is -0.341 e. The molecule has 2 aliphatic rings. The highest BCUT2D eigenvalue weighted by atomic mass is 16.2. The van der Waals surface area contributed by atoms with Gasteiger partial charge in [-0.05, 0) is 57.2 Å². The molecule has 0 spiro atoms. The smallest absolute Gasteiger partial charge is 0.239 e. The number of rotatable bonds is 4. The largest absolute Gasteiger partial charge is 0.341 e. The lowest BCUT2D eigenvalue weighted by Crippen LogP contribution is -2.47. The number of likely N-dealkylation sites (tertiary alicyclic amines) is 2. The van der Waals surface area contributed by atoms with E-state index in [0.717, 1.165) is 39.0 Å². The maximum Gasteiger partial charge on any atom is 0.239 e. The molecule has 0 aromatic carbocycles. The van der Waals surface area contributed by atoms with Gasteiger partial charge in [0.25, 0.3) is 0 Å². The topological polar surface area (TPSA) is 35.6 Å². The Labute approximate surface area is 136 Å². The van der Waals surface area contributed by atoms with E-state index in [4.69, 9.17) is 0 Å². The van der Waals surface area contributed by atoms with Crippen molar-refractivity contribution in [2.45, 2.75) is 58.9 Å². The molecule has 2 rings (SSSR count). The van der Waals surface area contributed by atoms with E-state index in [-0.39, 0.29) is 11.5 Å². The van der Waals surface area contributed by atoms with Gasteiger partial charge in [0.15, 0.2) is 0 Å². The molecule has 4 nitrogen and oxygen atoms in total. The fourth-order valence-corrected chi connectivity index (χ4v) is 3.98. The Hall–Kier alpha value is -0.610. The Morgan fingerprint density at radius 3 is 2.73 bits per heavy atom. The third kappa shape index (κ3) is 4.69. The van der Waals surface area contributed by atoms with Gasteiger partial charge in [0, 0.05) is 19.6 Å². The second kappa shape index (κ2) is 7.78. The number of hydrogen-bond donors (Lipinski definition) is 1. The Kier molecular flexibility index (Phi) is 6.27. The number of amides is 1. The van der Waals surface area contributed by atoms with Crippen molar-refractivity contribution in [3.63, 3.8) is 0 Å². The summed E-state index contributed by atoms with van der Waals surface area (Å²) in [5, 5.41) is 3.25. The lowest BCUT2D eigenvalue weighted by molar-refractivity contribution is -0.133. The molecule has 1 N–H and O–H groups in total. The quantitative estimate of drug-likeness (QED) is 0.866. The third-order valence-electron chi connectivity index (χ3n) is 5.55. The number of carbonyl (C=O) groups is 1. The van der Waals surface area contributed by atoms with Crippen LogP contribution in [0.5, 0.6) is 0 Å². The number of carbonyl (C=O) groups excluding carboxylic acids is 1. The normalized spacial score (nSPS) is 30.9. The highest BCUT2D eigenvalue weighted by Gasteiger charge is 2.35. The highest BCUT2D eigenvalue weighted by Crippen LogP contribution is 2.31. The number of nitrogens with zero attached hydrogens (tertiary/aromatic N) is 2.